The number of amidine groups is 1. The summed E-state index contributed by atoms with van der Waals surface area (Å²) < 4.78 is 109. The summed E-state index contributed by atoms with van der Waals surface area (Å²) in [4.78, 5) is 5.95. The second-order valence-corrected chi connectivity index (χ2v) is 9.92. The molecule has 206 valence electrons. The van der Waals surface area contributed by atoms with Crippen molar-refractivity contribution in [1.29, 1.82) is 0 Å². The van der Waals surface area contributed by atoms with Gasteiger partial charge in [-0.3, -0.25) is 9.89 Å². The van der Waals surface area contributed by atoms with E-state index in [1.165, 1.54) is 47.0 Å². The number of hydrogen-bond donors (Lipinski definition) is 1. The van der Waals surface area contributed by atoms with Gasteiger partial charge in [0.25, 0.3) is 0 Å². The van der Waals surface area contributed by atoms with Crippen LogP contribution in [0, 0.1) is 11.6 Å². The number of anilines is 1. The fraction of sp³-hybridized carbons (Fsp3) is 0.231. The Bertz CT molecular complexity index is 1390. The van der Waals surface area contributed by atoms with Crippen LogP contribution in [0.1, 0.15) is 28.3 Å². The minimum Gasteiger partial charge on any atom is -0.332 e. The highest BCUT2D eigenvalue weighted by molar-refractivity contribution is 8.14. The summed E-state index contributed by atoms with van der Waals surface area (Å²) in [6, 6.07) is 11.3. The first-order valence-electron chi connectivity index (χ1n) is 11.4. The minimum atomic E-state index is -5.02. The largest absolute Gasteiger partial charge is 0.419 e. The van der Waals surface area contributed by atoms with Crippen molar-refractivity contribution in [1.82, 2.24) is 4.90 Å². The number of rotatable bonds is 5. The van der Waals surface area contributed by atoms with Gasteiger partial charge in [-0.2, -0.15) is 26.3 Å². The molecule has 1 aliphatic heterocycles. The first-order valence-corrected chi connectivity index (χ1v) is 12.8. The van der Waals surface area contributed by atoms with Crippen molar-refractivity contribution in [2.75, 3.05) is 17.6 Å². The van der Waals surface area contributed by atoms with E-state index in [1.807, 2.05) is 0 Å². The van der Waals surface area contributed by atoms with Gasteiger partial charge in [0.15, 0.2) is 10.3 Å². The highest BCUT2D eigenvalue weighted by atomic mass is 32.2. The van der Waals surface area contributed by atoms with E-state index < -0.39 is 46.7 Å². The average molecular weight is 590 g/mol. The molecule has 1 unspecified atom stereocenters. The van der Waals surface area contributed by atoms with Gasteiger partial charge in [0.05, 0.1) is 17.2 Å². The molecule has 4 rings (SSSR count). The molecule has 0 bridgehead atoms. The van der Waals surface area contributed by atoms with Crippen molar-refractivity contribution in [3.63, 3.8) is 0 Å². The molecule has 0 aliphatic carbocycles. The van der Waals surface area contributed by atoms with Crippen LogP contribution in [0.15, 0.2) is 71.7 Å². The van der Waals surface area contributed by atoms with Gasteiger partial charge in [0, 0.05) is 18.0 Å². The highest BCUT2D eigenvalue weighted by Gasteiger charge is 2.39. The van der Waals surface area contributed by atoms with Crippen LogP contribution in [0.2, 0.25) is 0 Å². The second kappa shape index (κ2) is 11.5. The van der Waals surface area contributed by atoms with E-state index in [-0.39, 0.29) is 28.9 Å². The average Bonchev–Trinajstić information content (AvgIpc) is 3.31. The van der Waals surface area contributed by atoms with Crippen LogP contribution in [0.25, 0.3) is 0 Å². The van der Waals surface area contributed by atoms with E-state index in [9.17, 15) is 35.1 Å². The van der Waals surface area contributed by atoms with E-state index in [0.29, 0.717) is 17.4 Å². The van der Waals surface area contributed by atoms with Crippen molar-refractivity contribution in [3.8, 4) is 0 Å². The van der Waals surface area contributed by atoms with Crippen LogP contribution in [-0.4, -0.2) is 27.5 Å². The lowest BCUT2D eigenvalue weighted by Gasteiger charge is -2.24. The molecular weight excluding hydrogens is 570 g/mol. The molecule has 3 aromatic carbocycles. The third-order valence-electron chi connectivity index (χ3n) is 5.74. The fourth-order valence-electron chi connectivity index (χ4n) is 4.02. The Morgan fingerprint density at radius 1 is 0.949 bits per heavy atom. The molecule has 1 aliphatic rings. The summed E-state index contributed by atoms with van der Waals surface area (Å²) >= 11 is 6.55. The van der Waals surface area contributed by atoms with Crippen molar-refractivity contribution in [2.24, 2.45) is 4.99 Å². The van der Waals surface area contributed by atoms with Crippen LogP contribution >= 0.6 is 24.0 Å². The zero-order valence-electron chi connectivity index (χ0n) is 19.8. The van der Waals surface area contributed by atoms with Gasteiger partial charge in [-0.1, -0.05) is 42.1 Å². The Morgan fingerprint density at radius 2 is 1.67 bits per heavy atom. The van der Waals surface area contributed by atoms with E-state index >= 15 is 0 Å². The summed E-state index contributed by atoms with van der Waals surface area (Å²) in [5, 5.41) is 2.89. The number of benzene rings is 3. The first-order chi connectivity index (χ1) is 18.3. The monoisotopic (exact) mass is 589 g/mol. The summed E-state index contributed by atoms with van der Waals surface area (Å²) in [7, 11) is 0. The van der Waals surface area contributed by atoms with Gasteiger partial charge in [-0.15, -0.1) is 0 Å². The van der Waals surface area contributed by atoms with Crippen LogP contribution < -0.4 is 5.32 Å². The molecule has 3 nitrogen and oxygen atoms in total. The maximum absolute atomic E-state index is 14.4. The summed E-state index contributed by atoms with van der Waals surface area (Å²) in [6.07, 6.45) is -9.78. The molecule has 0 amide bonds. The minimum absolute atomic E-state index is 0.0159. The Kier molecular flexibility index (Phi) is 8.50. The van der Waals surface area contributed by atoms with E-state index in [1.54, 1.807) is 0 Å². The summed E-state index contributed by atoms with van der Waals surface area (Å²) in [5.41, 5.74) is -2.41. The van der Waals surface area contributed by atoms with E-state index in [0.717, 1.165) is 30.3 Å². The molecular formula is C26H19F8N3S2. The van der Waals surface area contributed by atoms with Crippen molar-refractivity contribution in [3.05, 3.63) is 101 Å². The molecule has 0 saturated carbocycles. The van der Waals surface area contributed by atoms with Crippen LogP contribution in [0.3, 0.4) is 0 Å². The molecule has 0 aromatic heterocycles. The number of aliphatic imine (C=N–C) groups is 1. The molecule has 0 radical (unpaired) electrons. The van der Waals surface area contributed by atoms with Gasteiger partial charge < -0.3 is 5.32 Å². The lowest BCUT2D eigenvalue weighted by molar-refractivity contribution is -0.141. The van der Waals surface area contributed by atoms with Crippen molar-refractivity contribution in [2.45, 2.75) is 24.8 Å². The number of thiocarbonyl (C=S) groups is 1. The topological polar surface area (TPSA) is 27.6 Å². The molecule has 13 heteroatoms. The zero-order chi connectivity index (χ0) is 28.4. The number of alkyl halides is 6. The van der Waals surface area contributed by atoms with E-state index in [2.05, 4.69) is 10.3 Å². The number of hydrogen-bond acceptors (Lipinski definition) is 3. The Labute approximate surface area is 227 Å². The van der Waals surface area contributed by atoms with Crippen LogP contribution in [0.5, 0.6) is 0 Å². The van der Waals surface area contributed by atoms with E-state index in [4.69, 9.17) is 12.2 Å². The number of halogens is 8. The number of nitrogens with one attached hydrogen (secondary N) is 1. The molecule has 39 heavy (non-hydrogen) atoms. The zero-order valence-corrected chi connectivity index (χ0v) is 21.4. The number of nitrogens with zero attached hydrogens (tertiary/aromatic N) is 2. The Balaban J connectivity index is 1.70. The predicted octanol–water partition coefficient (Wildman–Crippen LogP) is 8.09. The third kappa shape index (κ3) is 7.07. The smallest absolute Gasteiger partial charge is 0.332 e. The fourth-order valence-corrected chi connectivity index (χ4v) is 5.37. The highest BCUT2D eigenvalue weighted by Crippen LogP contribution is 2.39. The molecule has 1 saturated heterocycles. The van der Waals surface area contributed by atoms with Gasteiger partial charge in [-0.05, 0) is 66.2 Å². The summed E-state index contributed by atoms with van der Waals surface area (Å²) in [5.74, 6) is -1.63. The molecule has 1 atom stereocenters. The van der Waals surface area contributed by atoms with Gasteiger partial charge in [0.1, 0.15) is 11.6 Å². The maximum atomic E-state index is 14.4. The molecule has 1 fully saturated rings. The van der Waals surface area contributed by atoms with Gasteiger partial charge in [-0.25, -0.2) is 8.78 Å². The molecule has 1 N–H and O–H groups in total. The lowest BCUT2D eigenvalue weighted by atomic mass is 9.94. The number of thioether (sulfide) groups is 1. The molecule has 0 spiro atoms. The van der Waals surface area contributed by atoms with Crippen molar-refractivity contribution >= 4 is 39.9 Å². The normalized spacial score (nSPS) is 16.0. The van der Waals surface area contributed by atoms with Gasteiger partial charge >= 0.3 is 12.4 Å². The standard InChI is InChI=1S/C26H19F8N3S2/c27-17-6-1-4-15(12-17)13-21(19-8-3-9-20(28)22(19)26(32,33)34)36-24-37(10-11-39-24)23(38)35-18-7-2-5-16(14-18)25(29,30)31/h1-9,12,14,21H,10-11,13H2,(H,35,38). The third-order valence-corrected chi connectivity index (χ3v) is 7.03. The maximum Gasteiger partial charge on any atom is 0.419 e. The van der Waals surface area contributed by atoms with Crippen LogP contribution in [0.4, 0.5) is 40.8 Å². The van der Waals surface area contributed by atoms with Crippen LogP contribution in [-0.2, 0) is 18.8 Å². The summed E-state index contributed by atoms with van der Waals surface area (Å²) in [6.45, 7) is 0.274. The first kappa shape index (κ1) is 28.8. The Hall–Kier alpha value is -3.19. The van der Waals surface area contributed by atoms with Gasteiger partial charge in [0.2, 0.25) is 0 Å². The predicted molar refractivity (Wildman–Crippen MR) is 139 cm³/mol. The second-order valence-electron chi connectivity index (χ2n) is 8.47. The Morgan fingerprint density at radius 3 is 2.36 bits per heavy atom. The lowest BCUT2D eigenvalue weighted by Crippen LogP contribution is -2.35. The quantitative estimate of drug-likeness (QED) is 0.241. The molecule has 3 aromatic rings. The molecule has 1 heterocycles. The SMILES string of the molecule is Fc1cccc(CC(N=C2SCCN2C(=S)Nc2cccc(C(F)(F)F)c2)c2cccc(F)c2C(F)(F)F)c1. The van der Waals surface area contributed by atoms with Crippen molar-refractivity contribution < 1.29 is 35.1 Å².